The average molecular weight is 322 g/mol. The van der Waals surface area contributed by atoms with Crippen molar-refractivity contribution in [3.05, 3.63) is 60.0 Å². The maximum atomic E-state index is 5.68. The van der Waals surface area contributed by atoms with Crippen LogP contribution in [-0.4, -0.2) is 15.2 Å². The third-order valence-corrected chi connectivity index (χ3v) is 4.48. The van der Waals surface area contributed by atoms with Crippen LogP contribution in [0, 0.1) is 6.92 Å². The molecule has 0 aliphatic carbocycles. The number of para-hydroxylation sites is 1. The second-order valence-corrected chi connectivity index (χ2v) is 6.19. The molecule has 23 heavy (non-hydrogen) atoms. The lowest BCUT2D eigenvalue weighted by Crippen LogP contribution is -1.98. The summed E-state index contributed by atoms with van der Waals surface area (Å²) < 4.78 is 6.85. The van der Waals surface area contributed by atoms with Crippen molar-refractivity contribution in [1.29, 1.82) is 0 Å². The van der Waals surface area contributed by atoms with Gasteiger partial charge in [0.1, 0.15) is 0 Å². The number of benzene rings is 2. The van der Waals surface area contributed by atoms with Crippen LogP contribution in [0.3, 0.4) is 0 Å². The molecule has 0 atom stereocenters. The van der Waals surface area contributed by atoms with E-state index in [1.807, 2.05) is 36.4 Å². The minimum atomic E-state index is 0.457. The number of thiazole rings is 1. The second-order valence-electron chi connectivity index (χ2n) is 5.16. The van der Waals surface area contributed by atoms with E-state index < -0.39 is 0 Å². The predicted octanol–water partition coefficient (Wildman–Crippen LogP) is 4.27. The van der Waals surface area contributed by atoms with Crippen LogP contribution >= 0.6 is 11.3 Å². The lowest BCUT2D eigenvalue weighted by molar-refractivity contribution is 0.515. The lowest BCUT2D eigenvalue weighted by atomic mass is 10.2. The molecule has 0 saturated carbocycles. The first-order valence-corrected chi connectivity index (χ1v) is 8.09. The van der Waals surface area contributed by atoms with E-state index in [2.05, 4.69) is 39.6 Å². The van der Waals surface area contributed by atoms with Crippen molar-refractivity contribution in [2.45, 2.75) is 13.5 Å². The summed E-state index contributed by atoms with van der Waals surface area (Å²) in [7, 11) is 0. The van der Waals surface area contributed by atoms with Gasteiger partial charge in [-0.05, 0) is 30.7 Å². The highest BCUT2D eigenvalue weighted by Gasteiger charge is 2.10. The van der Waals surface area contributed by atoms with E-state index >= 15 is 0 Å². The van der Waals surface area contributed by atoms with Crippen molar-refractivity contribution in [3.63, 3.8) is 0 Å². The van der Waals surface area contributed by atoms with Gasteiger partial charge in [0.15, 0.2) is 5.13 Å². The van der Waals surface area contributed by atoms with Gasteiger partial charge in [0.2, 0.25) is 11.8 Å². The van der Waals surface area contributed by atoms with E-state index in [-0.39, 0.29) is 0 Å². The standard InChI is InChI=1S/C17H14N4OS/c1-11-6-5-9-13-15(11)19-17(23-13)18-10-14-20-21-16(22-14)12-7-3-2-4-8-12/h2-9H,10H2,1H3,(H,18,19). The molecule has 5 nitrogen and oxygen atoms in total. The third-order valence-electron chi connectivity index (χ3n) is 3.50. The molecule has 114 valence electrons. The van der Waals surface area contributed by atoms with Gasteiger partial charge < -0.3 is 9.73 Å². The highest BCUT2D eigenvalue weighted by molar-refractivity contribution is 7.22. The summed E-state index contributed by atoms with van der Waals surface area (Å²) in [6.07, 6.45) is 0. The topological polar surface area (TPSA) is 63.8 Å². The molecule has 2 aromatic heterocycles. The Kier molecular flexibility index (Phi) is 3.51. The molecular weight excluding hydrogens is 308 g/mol. The summed E-state index contributed by atoms with van der Waals surface area (Å²) >= 11 is 1.62. The predicted molar refractivity (Wildman–Crippen MR) is 91.4 cm³/mol. The number of fused-ring (bicyclic) bond motifs is 1. The van der Waals surface area contributed by atoms with E-state index in [9.17, 15) is 0 Å². The molecule has 0 radical (unpaired) electrons. The van der Waals surface area contributed by atoms with Gasteiger partial charge in [-0.15, -0.1) is 10.2 Å². The fourth-order valence-electron chi connectivity index (χ4n) is 2.34. The largest absolute Gasteiger partial charge is 0.419 e. The Morgan fingerprint density at radius 1 is 1.04 bits per heavy atom. The number of hydrogen-bond acceptors (Lipinski definition) is 6. The van der Waals surface area contributed by atoms with E-state index in [0.717, 1.165) is 16.2 Å². The molecule has 2 heterocycles. The fraction of sp³-hybridized carbons (Fsp3) is 0.118. The summed E-state index contributed by atoms with van der Waals surface area (Å²) in [6, 6.07) is 15.9. The summed E-state index contributed by atoms with van der Waals surface area (Å²) in [5, 5.41) is 12.3. The summed E-state index contributed by atoms with van der Waals surface area (Å²) in [6.45, 7) is 2.52. The number of aryl methyl sites for hydroxylation is 1. The maximum absolute atomic E-state index is 5.68. The molecular formula is C17H14N4OS. The van der Waals surface area contributed by atoms with E-state index in [4.69, 9.17) is 4.42 Å². The number of rotatable bonds is 4. The third kappa shape index (κ3) is 2.80. The maximum Gasteiger partial charge on any atom is 0.247 e. The highest BCUT2D eigenvalue weighted by atomic mass is 32.1. The first-order valence-electron chi connectivity index (χ1n) is 7.27. The van der Waals surface area contributed by atoms with Crippen LogP contribution in [0.25, 0.3) is 21.7 Å². The molecule has 0 aliphatic rings. The molecule has 4 rings (SSSR count). The van der Waals surface area contributed by atoms with Crippen molar-refractivity contribution in [3.8, 4) is 11.5 Å². The molecule has 1 N–H and O–H groups in total. The molecule has 4 aromatic rings. The lowest BCUT2D eigenvalue weighted by Gasteiger charge is -1.97. The van der Waals surface area contributed by atoms with Crippen LogP contribution in [0.5, 0.6) is 0 Å². The zero-order chi connectivity index (χ0) is 15.6. The van der Waals surface area contributed by atoms with Gasteiger partial charge in [-0.3, -0.25) is 0 Å². The van der Waals surface area contributed by atoms with Crippen LogP contribution in [-0.2, 0) is 6.54 Å². The SMILES string of the molecule is Cc1cccc2sc(NCc3nnc(-c4ccccc4)o3)nc12. The second kappa shape index (κ2) is 5.81. The number of anilines is 1. The fourth-order valence-corrected chi connectivity index (χ4v) is 3.27. The Bertz CT molecular complexity index is 946. The first kappa shape index (κ1) is 13.9. The van der Waals surface area contributed by atoms with Crippen LogP contribution < -0.4 is 5.32 Å². The highest BCUT2D eigenvalue weighted by Crippen LogP contribution is 2.28. The monoisotopic (exact) mass is 322 g/mol. The Hall–Kier alpha value is -2.73. The number of aromatic nitrogens is 3. The zero-order valence-corrected chi connectivity index (χ0v) is 13.3. The summed E-state index contributed by atoms with van der Waals surface area (Å²) in [4.78, 5) is 4.61. The number of hydrogen-bond donors (Lipinski definition) is 1. The molecule has 0 unspecified atom stereocenters. The molecule has 2 aromatic carbocycles. The van der Waals surface area contributed by atoms with Crippen molar-refractivity contribution in [1.82, 2.24) is 15.2 Å². The van der Waals surface area contributed by atoms with Crippen molar-refractivity contribution in [2.75, 3.05) is 5.32 Å². The molecule has 0 aliphatic heterocycles. The Labute approximate surface area is 137 Å². The van der Waals surface area contributed by atoms with E-state index in [1.165, 1.54) is 10.3 Å². The van der Waals surface area contributed by atoms with Crippen molar-refractivity contribution >= 4 is 26.7 Å². The zero-order valence-electron chi connectivity index (χ0n) is 12.5. The van der Waals surface area contributed by atoms with Gasteiger partial charge in [0.05, 0.1) is 16.8 Å². The minimum absolute atomic E-state index is 0.457. The van der Waals surface area contributed by atoms with Gasteiger partial charge >= 0.3 is 0 Å². The van der Waals surface area contributed by atoms with Crippen molar-refractivity contribution < 1.29 is 4.42 Å². The molecule has 6 heteroatoms. The number of nitrogens with one attached hydrogen (secondary N) is 1. The van der Waals surface area contributed by atoms with Crippen LogP contribution in [0.2, 0.25) is 0 Å². The van der Waals surface area contributed by atoms with E-state index in [0.29, 0.717) is 18.3 Å². The minimum Gasteiger partial charge on any atom is -0.419 e. The van der Waals surface area contributed by atoms with Crippen LogP contribution in [0.4, 0.5) is 5.13 Å². The summed E-state index contributed by atoms with van der Waals surface area (Å²) in [5.74, 6) is 1.07. The van der Waals surface area contributed by atoms with Crippen LogP contribution in [0.1, 0.15) is 11.5 Å². The number of nitrogens with zero attached hydrogens (tertiary/aromatic N) is 3. The quantitative estimate of drug-likeness (QED) is 0.608. The van der Waals surface area contributed by atoms with Crippen LogP contribution in [0.15, 0.2) is 52.9 Å². The van der Waals surface area contributed by atoms with Gasteiger partial charge in [-0.2, -0.15) is 0 Å². The Morgan fingerprint density at radius 3 is 2.74 bits per heavy atom. The summed E-state index contributed by atoms with van der Waals surface area (Å²) in [5.41, 5.74) is 3.13. The molecule has 0 spiro atoms. The normalized spacial score (nSPS) is 11.0. The Morgan fingerprint density at radius 2 is 1.91 bits per heavy atom. The molecule has 0 bridgehead atoms. The van der Waals surface area contributed by atoms with E-state index in [1.54, 1.807) is 11.3 Å². The van der Waals surface area contributed by atoms with Gasteiger partial charge in [-0.1, -0.05) is 41.7 Å². The molecule has 0 amide bonds. The smallest absolute Gasteiger partial charge is 0.247 e. The van der Waals surface area contributed by atoms with Gasteiger partial charge in [0.25, 0.3) is 0 Å². The first-order chi connectivity index (χ1) is 11.3. The molecule has 0 fully saturated rings. The van der Waals surface area contributed by atoms with Crippen molar-refractivity contribution in [2.24, 2.45) is 0 Å². The average Bonchev–Trinajstić information content (AvgIpc) is 3.21. The Balaban J connectivity index is 1.50. The van der Waals surface area contributed by atoms with Gasteiger partial charge in [0, 0.05) is 5.56 Å². The molecule has 0 saturated heterocycles. The van der Waals surface area contributed by atoms with Gasteiger partial charge in [-0.25, -0.2) is 4.98 Å².